The lowest BCUT2D eigenvalue weighted by Crippen LogP contribution is -2.56. The van der Waals surface area contributed by atoms with E-state index < -0.39 is 11.1 Å². The number of ether oxygens (including phenoxy) is 4. The molecule has 54 heavy (non-hydrogen) atoms. The predicted molar refractivity (Wildman–Crippen MR) is 216 cm³/mol. The molecule has 4 atom stereocenters. The highest BCUT2D eigenvalue weighted by molar-refractivity contribution is 9.10. The number of fused-ring (bicyclic) bond motifs is 10. The van der Waals surface area contributed by atoms with Crippen molar-refractivity contribution in [2.75, 3.05) is 33.6 Å². The normalized spacial score (nSPS) is 37.1. The first-order valence-corrected chi connectivity index (χ1v) is 21.4. The average molecular weight is 888 g/mol. The van der Waals surface area contributed by atoms with Gasteiger partial charge in [0.25, 0.3) is 11.8 Å². The molecule has 6 fully saturated rings. The molecule has 4 saturated heterocycles. The van der Waals surface area contributed by atoms with Crippen molar-refractivity contribution in [1.82, 2.24) is 9.80 Å². The summed E-state index contributed by atoms with van der Waals surface area (Å²) in [6.07, 6.45) is 12.4. The van der Waals surface area contributed by atoms with E-state index >= 15 is 0 Å². The van der Waals surface area contributed by atoms with Crippen LogP contribution in [0.15, 0.2) is 55.3 Å². The second-order valence-electron chi connectivity index (χ2n) is 16.2. The number of thioether (sulfide) groups is 1. The maximum atomic E-state index is 13.5. The molecule has 14 heteroatoms. The van der Waals surface area contributed by atoms with Gasteiger partial charge in [0, 0.05) is 57.8 Å². The molecule has 8 heterocycles. The Bertz CT molecular complexity index is 1900. The van der Waals surface area contributed by atoms with Gasteiger partial charge in [0.1, 0.15) is 23.7 Å². The number of halogens is 2. The standard InChI is InChI=1S/C20H23BrN2O3S.C19H22BrN3O3.CH4/c1-23-17(24)20(22-18(23)27-2)10-16(19-7-5-13(6-8-19)25-11-19)26-15-4-3-12(21)9-14(15)20;1-23-16(24)19(22-17(23)21)9-15(18-6-4-12(5-7-18)25-10-18)26-14-3-2-11(20)8-13(14)19;/h3-4,9,13,16H,5-8,10-11H2,1-2H3;2-3,8,12,15H,4-7,9-10H2,1H3,(H2,21,22);1H4. The third-order valence-corrected chi connectivity index (χ3v) is 15.1. The molecule has 0 aromatic heterocycles. The van der Waals surface area contributed by atoms with Gasteiger partial charge in [0.15, 0.2) is 22.2 Å². The van der Waals surface area contributed by atoms with Crippen molar-refractivity contribution in [2.45, 2.75) is 107 Å². The Hall–Kier alpha value is -2.65. The second kappa shape index (κ2) is 13.8. The Labute approximate surface area is 338 Å². The minimum Gasteiger partial charge on any atom is -0.489 e. The highest BCUT2D eigenvalue weighted by atomic mass is 79.9. The fraction of sp³-hybridized carbons (Fsp3) is 0.600. The molecule has 10 aliphatic rings. The van der Waals surface area contributed by atoms with Gasteiger partial charge in [-0.15, -0.1) is 0 Å². The number of guanidine groups is 1. The first-order chi connectivity index (χ1) is 25.4. The number of amides is 2. The molecule has 11 nitrogen and oxygen atoms in total. The molecular formula is C40H49Br2N5O6S. The lowest BCUT2D eigenvalue weighted by atomic mass is 9.64. The predicted octanol–water partition coefficient (Wildman–Crippen LogP) is 7.12. The van der Waals surface area contributed by atoms with Gasteiger partial charge in [-0.2, -0.15) is 0 Å². The van der Waals surface area contributed by atoms with Crippen LogP contribution in [0.25, 0.3) is 0 Å². The minimum atomic E-state index is -0.996. The SMILES string of the molecule is C.CN1C(=O)C2(CC(C34CCC(CC3)OC4)Oc3ccc(Br)cc32)N=C1N.CSC1=NC2(CC(C34CCC(CC3)OC4)Oc3ccc(Br)cc32)C(=O)N1C. The molecule has 290 valence electrons. The smallest absolute Gasteiger partial charge is 0.261 e. The number of benzene rings is 2. The van der Waals surface area contributed by atoms with Crippen LogP contribution in [-0.4, -0.2) is 90.7 Å². The molecule has 2 spiro atoms. The quantitative estimate of drug-likeness (QED) is 0.338. The van der Waals surface area contributed by atoms with E-state index in [-0.39, 0.29) is 48.2 Å². The van der Waals surface area contributed by atoms with Crippen molar-refractivity contribution in [3.63, 3.8) is 0 Å². The Morgan fingerprint density at radius 1 is 0.741 bits per heavy atom. The molecule has 2 amide bonds. The molecule has 0 radical (unpaired) electrons. The summed E-state index contributed by atoms with van der Waals surface area (Å²) >= 11 is 8.59. The molecular weight excluding hydrogens is 838 g/mol. The molecule has 2 aromatic carbocycles. The van der Waals surface area contributed by atoms with Crippen molar-refractivity contribution in [3.05, 3.63) is 56.5 Å². The van der Waals surface area contributed by atoms with Gasteiger partial charge in [-0.05, 0) is 94.0 Å². The van der Waals surface area contributed by atoms with Crippen molar-refractivity contribution in [1.29, 1.82) is 0 Å². The van der Waals surface area contributed by atoms with E-state index in [0.717, 1.165) is 94.7 Å². The minimum absolute atomic E-state index is 0. The number of likely N-dealkylation sites (N-methyl/N-ethyl adjacent to an activating group) is 2. The molecule has 12 rings (SSSR count). The number of nitrogens with two attached hydrogens (primary N) is 1. The van der Waals surface area contributed by atoms with Crippen LogP contribution < -0.4 is 15.2 Å². The fourth-order valence-corrected chi connectivity index (χ4v) is 11.5. The van der Waals surface area contributed by atoms with E-state index in [4.69, 9.17) is 29.7 Å². The summed E-state index contributed by atoms with van der Waals surface area (Å²) in [6.45, 7) is 1.43. The topological polar surface area (TPSA) is 128 Å². The third kappa shape index (κ3) is 5.77. The van der Waals surface area contributed by atoms with Crippen LogP contribution in [0, 0.1) is 10.8 Å². The second-order valence-corrected chi connectivity index (χ2v) is 18.8. The molecule has 4 bridgehead atoms. The zero-order valence-electron chi connectivity index (χ0n) is 30.2. The highest BCUT2D eigenvalue weighted by Gasteiger charge is 2.60. The summed E-state index contributed by atoms with van der Waals surface area (Å²) in [5.41, 5.74) is 5.77. The molecule has 2 N–H and O–H groups in total. The number of hydrogen-bond acceptors (Lipinski definition) is 10. The van der Waals surface area contributed by atoms with Gasteiger partial charge in [-0.3, -0.25) is 19.4 Å². The van der Waals surface area contributed by atoms with Crippen LogP contribution in [0.3, 0.4) is 0 Å². The molecule has 2 aliphatic carbocycles. The van der Waals surface area contributed by atoms with E-state index in [1.807, 2.05) is 49.7 Å². The third-order valence-electron chi connectivity index (χ3n) is 13.4. The van der Waals surface area contributed by atoms with Crippen LogP contribution in [0.4, 0.5) is 0 Å². The highest BCUT2D eigenvalue weighted by Crippen LogP contribution is 2.57. The summed E-state index contributed by atoms with van der Waals surface area (Å²) in [5, 5.41) is 0.771. The number of amidine groups is 1. The van der Waals surface area contributed by atoms with E-state index in [2.05, 4.69) is 36.9 Å². The van der Waals surface area contributed by atoms with Gasteiger partial charge < -0.3 is 24.7 Å². The lowest BCUT2D eigenvalue weighted by Gasteiger charge is -2.52. The van der Waals surface area contributed by atoms with Crippen molar-refractivity contribution >= 4 is 66.6 Å². The number of hydrogen-bond donors (Lipinski definition) is 1. The molecule has 2 saturated carbocycles. The summed E-state index contributed by atoms with van der Waals surface area (Å²) in [7, 11) is 3.51. The van der Waals surface area contributed by atoms with Crippen LogP contribution in [0.2, 0.25) is 0 Å². The molecule has 8 aliphatic heterocycles. The van der Waals surface area contributed by atoms with Crippen LogP contribution >= 0.6 is 43.6 Å². The molecule has 2 aromatic rings. The van der Waals surface area contributed by atoms with Crippen molar-refractivity contribution < 1.29 is 28.5 Å². The first-order valence-electron chi connectivity index (χ1n) is 18.6. The summed E-state index contributed by atoms with van der Waals surface area (Å²) in [6, 6.07) is 11.7. The van der Waals surface area contributed by atoms with E-state index in [1.54, 1.807) is 11.9 Å². The average Bonchev–Trinajstić information content (AvgIpc) is 3.56. The first kappa shape index (κ1) is 38.2. The van der Waals surface area contributed by atoms with Gasteiger partial charge in [0.05, 0.1) is 25.4 Å². The number of aliphatic imine (C=N–C) groups is 2. The zero-order chi connectivity index (χ0) is 36.9. The Morgan fingerprint density at radius 3 is 1.56 bits per heavy atom. The summed E-state index contributed by atoms with van der Waals surface area (Å²) in [5.74, 6) is 1.74. The van der Waals surface area contributed by atoms with E-state index in [0.29, 0.717) is 31.7 Å². The van der Waals surface area contributed by atoms with E-state index in [1.165, 1.54) is 16.7 Å². The lowest BCUT2D eigenvalue weighted by molar-refractivity contribution is -0.164. The van der Waals surface area contributed by atoms with Gasteiger partial charge >= 0.3 is 0 Å². The largest absolute Gasteiger partial charge is 0.489 e. The fourth-order valence-electron chi connectivity index (χ4n) is 10.2. The number of carbonyl (C=O) groups excluding carboxylic acids is 2. The summed E-state index contributed by atoms with van der Waals surface area (Å²) in [4.78, 5) is 39.5. The Morgan fingerprint density at radius 2 is 1.19 bits per heavy atom. The Kier molecular flexibility index (Phi) is 9.75. The molecule has 4 unspecified atom stereocenters. The van der Waals surface area contributed by atoms with Gasteiger partial charge in [0.2, 0.25) is 0 Å². The van der Waals surface area contributed by atoms with Crippen LogP contribution in [0.1, 0.15) is 82.8 Å². The van der Waals surface area contributed by atoms with Crippen molar-refractivity contribution in [2.24, 2.45) is 26.5 Å². The maximum Gasteiger partial charge on any atom is 0.261 e. The maximum absolute atomic E-state index is 13.5. The van der Waals surface area contributed by atoms with Gasteiger partial charge in [-0.25, -0.2) is 9.98 Å². The van der Waals surface area contributed by atoms with Crippen molar-refractivity contribution in [3.8, 4) is 11.5 Å². The van der Waals surface area contributed by atoms with Crippen LogP contribution in [-0.2, 0) is 30.1 Å². The summed E-state index contributed by atoms with van der Waals surface area (Å²) < 4.78 is 26.9. The van der Waals surface area contributed by atoms with Gasteiger partial charge in [-0.1, -0.05) is 51.0 Å². The monoisotopic (exact) mass is 885 g/mol. The van der Waals surface area contributed by atoms with E-state index in [9.17, 15) is 9.59 Å². The Balaban J connectivity index is 0.000000150. The number of nitrogens with zero attached hydrogens (tertiary/aromatic N) is 4. The number of rotatable bonds is 2. The zero-order valence-corrected chi connectivity index (χ0v) is 34.2. The van der Waals surface area contributed by atoms with Crippen LogP contribution in [0.5, 0.6) is 11.5 Å². The number of carbonyl (C=O) groups is 2.